The zero-order valence-corrected chi connectivity index (χ0v) is 15.5. The Labute approximate surface area is 157 Å². The van der Waals surface area contributed by atoms with Crippen molar-refractivity contribution in [2.45, 2.75) is 31.2 Å². The molecule has 0 aliphatic heterocycles. The van der Waals surface area contributed by atoms with Crippen molar-refractivity contribution in [3.8, 4) is 5.75 Å². The van der Waals surface area contributed by atoms with Crippen LogP contribution in [-0.2, 0) is 4.79 Å². The fraction of sp³-hybridized carbons (Fsp3) is 0.400. The van der Waals surface area contributed by atoms with Gasteiger partial charge < -0.3 is 14.6 Å². The number of halogens is 4. The molecule has 0 unspecified atom stereocenters. The number of benzene rings is 1. The van der Waals surface area contributed by atoms with Gasteiger partial charge in [-0.25, -0.2) is 0 Å². The van der Waals surface area contributed by atoms with Crippen molar-refractivity contribution in [1.82, 2.24) is 14.8 Å². The van der Waals surface area contributed by atoms with Gasteiger partial charge in [-0.15, -0.1) is 10.2 Å². The summed E-state index contributed by atoms with van der Waals surface area (Å²) in [7, 11) is 0. The molecule has 6 nitrogen and oxygen atoms in total. The van der Waals surface area contributed by atoms with E-state index in [4.69, 9.17) is 16.3 Å². The van der Waals surface area contributed by atoms with Crippen LogP contribution in [0.15, 0.2) is 29.7 Å². The summed E-state index contributed by atoms with van der Waals surface area (Å²) in [6.07, 6.45) is -2.93. The number of nitrogens with one attached hydrogen (secondary N) is 1. The molecular weight excluding hydrogens is 393 g/mol. The molecule has 1 amide bonds. The number of aromatic nitrogens is 3. The van der Waals surface area contributed by atoms with Crippen LogP contribution in [0.4, 0.5) is 18.9 Å². The molecule has 26 heavy (non-hydrogen) atoms. The minimum absolute atomic E-state index is 0.00334. The first-order chi connectivity index (χ1) is 12.2. The normalized spacial score (nSPS) is 11.7. The summed E-state index contributed by atoms with van der Waals surface area (Å²) in [4.78, 5) is 12.1. The van der Waals surface area contributed by atoms with Crippen LogP contribution in [0, 0.1) is 0 Å². The van der Waals surface area contributed by atoms with E-state index < -0.39 is 18.7 Å². The van der Waals surface area contributed by atoms with Crippen LogP contribution < -0.4 is 10.1 Å². The number of anilines is 1. The number of ether oxygens (including phenoxy) is 1. The van der Waals surface area contributed by atoms with Crippen molar-refractivity contribution < 1.29 is 22.7 Å². The average molecular weight is 409 g/mol. The summed E-state index contributed by atoms with van der Waals surface area (Å²) >= 11 is 7.01. The molecule has 0 atom stereocenters. The van der Waals surface area contributed by atoms with E-state index in [-0.39, 0.29) is 28.3 Å². The van der Waals surface area contributed by atoms with Crippen LogP contribution >= 0.6 is 23.4 Å². The summed E-state index contributed by atoms with van der Waals surface area (Å²) in [5, 5.41) is 11.1. The Balaban J connectivity index is 2.01. The predicted molar refractivity (Wildman–Crippen MR) is 92.8 cm³/mol. The van der Waals surface area contributed by atoms with Gasteiger partial charge in [0.25, 0.3) is 0 Å². The quantitative estimate of drug-likeness (QED) is 0.696. The molecule has 11 heteroatoms. The number of alkyl halides is 3. The molecule has 0 aliphatic rings. The summed E-state index contributed by atoms with van der Waals surface area (Å²) in [6.45, 7) is 2.43. The number of amides is 1. The van der Waals surface area contributed by atoms with E-state index in [0.717, 1.165) is 11.8 Å². The van der Waals surface area contributed by atoms with Gasteiger partial charge >= 0.3 is 6.18 Å². The molecule has 0 fully saturated rings. The second-order valence-corrected chi connectivity index (χ2v) is 6.87. The molecule has 1 heterocycles. The zero-order chi connectivity index (χ0) is 19.3. The first kappa shape index (κ1) is 20.4. The van der Waals surface area contributed by atoms with E-state index in [1.807, 2.05) is 13.8 Å². The molecule has 0 saturated heterocycles. The number of thioether (sulfide) groups is 1. The third kappa shape index (κ3) is 6.10. The number of carbonyl (C=O) groups is 1. The van der Waals surface area contributed by atoms with Gasteiger partial charge in [0.15, 0.2) is 11.8 Å². The molecule has 1 N–H and O–H groups in total. The molecule has 0 aliphatic carbocycles. The minimum atomic E-state index is -4.49. The Morgan fingerprint density at radius 3 is 2.81 bits per heavy atom. The van der Waals surface area contributed by atoms with Crippen molar-refractivity contribution in [3.05, 3.63) is 29.5 Å². The van der Waals surface area contributed by atoms with Gasteiger partial charge in [0, 0.05) is 11.1 Å². The standard InChI is InChI=1S/C15H16ClF3N4O2S/c1-9(2)23-8-20-22-14(23)26-6-13(24)21-11-5-10(16)3-4-12(11)25-7-15(17,18)19/h3-5,8-9H,6-7H2,1-2H3,(H,21,24). The van der Waals surface area contributed by atoms with Crippen LogP contribution in [0.2, 0.25) is 5.02 Å². The van der Waals surface area contributed by atoms with Crippen molar-refractivity contribution in [2.75, 3.05) is 17.7 Å². The summed E-state index contributed by atoms with van der Waals surface area (Å²) in [5.74, 6) is -0.556. The van der Waals surface area contributed by atoms with E-state index in [9.17, 15) is 18.0 Å². The smallest absolute Gasteiger partial charge is 0.422 e. The fourth-order valence-electron chi connectivity index (χ4n) is 1.89. The van der Waals surface area contributed by atoms with Gasteiger partial charge in [-0.3, -0.25) is 4.79 Å². The molecule has 1 aromatic carbocycles. The lowest BCUT2D eigenvalue weighted by Gasteiger charge is -2.14. The van der Waals surface area contributed by atoms with E-state index in [1.165, 1.54) is 18.2 Å². The van der Waals surface area contributed by atoms with Crippen molar-refractivity contribution in [1.29, 1.82) is 0 Å². The fourth-order valence-corrected chi connectivity index (χ4v) is 2.91. The van der Waals surface area contributed by atoms with E-state index in [0.29, 0.717) is 5.16 Å². The monoisotopic (exact) mass is 408 g/mol. The maximum atomic E-state index is 12.3. The third-order valence-corrected chi connectivity index (χ3v) is 4.23. The number of rotatable bonds is 7. The molecule has 0 spiro atoms. The third-order valence-electron chi connectivity index (χ3n) is 3.04. The molecule has 0 saturated carbocycles. The molecule has 2 aromatic rings. The molecular formula is C15H16ClF3N4O2S. The highest BCUT2D eigenvalue weighted by Crippen LogP contribution is 2.30. The minimum Gasteiger partial charge on any atom is -0.482 e. The van der Waals surface area contributed by atoms with Crippen molar-refractivity contribution >= 4 is 35.0 Å². The Morgan fingerprint density at radius 2 is 2.15 bits per heavy atom. The van der Waals surface area contributed by atoms with Gasteiger partial charge in [-0.2, -0.15) is 13.2 Å². The zero-order valence-electron chi connectivity index (χ0n) is 13.9. The predicted octanol–water partition coefficient (Wildman–Crippen LogP) is 4.18. The highest BCUT2D eigenvalue weighted by atomic mass is 35.5. The SMILES string of the molecule is CC(C)n1cnnc1SCC(=O)Nc1cc(Cl)ccc1OCC(F)(F)F. The molecule has 2 rings (SSSR count). The Hall–Kier alpha value is -1.94. The number of hydrogen-bond donors (Lipinski definition) is 1. The highest BCUT2D eigenvalue weighted by molar-refractivity contribution is 7.99. The van der Waals surface area contributed by atoms with Crippen LogP contribution in [0.1, 0.15) is 19.9 Å². The number of hydrogen-bond acceptors (Lipinski definition) is 5. The van der Waals surface area contributed by atoms with E-state index in [2.05, 4.69) is 15.5 Å². The lowest BCUT2D eigenvalue weighted by molar-refractivity contribution is -0.153. The molecule has 142 valence electrons. The maximum Gasteiger partial charge on any atom is 0.422 e. The number of carbonyl (C=O) groups excluding carboxylic acids is 1. The van der Waals surface area contributed by atoms with Gasteiger partial charge in [-0.1, -0.05) is 23.4 Å². The van der Waals surface area contributed by atoms with Crippen molar-refractivity contribution in [3.63, 3.8) is 0 Å². The maximum absolute atomic E-state index is 12.3. The van der Waals surface area contributed by atoms with Gasteiger partial charge in [0.2, 0.25) is 5.91 Å². The van der Waals surface area contributed by atoms with E-state index >= 15 is 0 Å². The topological polar surface area (TPSA) is 69.0 Å². The Morgan fingerprint density at radius 1 is 1.42 bits per heavy atom. The lowest BCUT2D eigenvalue weighted by atomic mass is 10.3. The van der Waals surface area contributed by atoms with E-state index in [1.54, 1.807) is 10.9 Å². The van der Waals surface area contributed by atoms with Crippen LogP contribution in [0.3, 0.4) is 0 Å². The molecule has 1 aromatic heterocycles. The summed E-state index contributed by atoms with van der Waals surface area (Å²) in [6, 6.07) is 4.10. The molecule has 0 bridgehead atoms. The molecule has 0 radical (unpaired) electrons. The number of nitrogens with zero attached hydrogens (tertiary/aromatic N) is 3. The largest absolute Gasteiger partial charge is 0.482 e. The second kappa shape index (κ2) is 8.63. The Kier molecular flexibility index (Phi) is 6.76. The second-order valence-electron chi connectivity index (χ2n) is 5.50. The van der Waals surface area contributed by atoms with Gasteiger partial charge in [0.05, 0.1) is 11.4 Å². The highest BCUT2D eigenvalue weighted by Gasteiger charge is 2.29. The lowest BCUT2D eigenvalue weighted by Crippen LogP contribution is -2.21. The van der Waals surface area contributed by atoms with Crippen LogP contribution in [0.25, 0.3) is 0 Å². The van der Waals surface area contributed by atoms with Gasteiger partial charge in [0.1, 0.15) is 12.1 Å². The van der Waals surface area contributed by atoms with Crippen LogP contribution in [0.5, 0.6) is 5.75 Å². The van der Waals surface area contributed by atoms with Crippen molar-refractivity contribution in [2.24, 2.45) is 0 Å². The summed E-state index contributed by atoms with van der Waals surface area (Å²) < 4.78 is 43.5. The first-order valence-electron chi connectivity index (χ1n) is 7.47. The summed E-state index contributed by atoms with van der Waals surface area (Å²) in [5.41, 5.74) is 0.0673. The van der Waals surface area contributed by atoms with Crippen LogP contribution in [-0.4, -0.2) is 39.2 Å². The van der Waals surface area contributed by atoms with Gasteiger partial charge in [-0.05, 0) is 32.0 Å². The first-order valence-corrected chi connectivity index (χ1v) is 8.83. The average Bonchev–Trinajstić information content (AvgIpc) is 3.00. The Bertz CT molecular complexity index is 768.